The Bertz CT molecular complexity index is 564. The van der Waals surface area contributed by atoms with Crippen molar-refractivity contribution in [2.24, 2.45) is 11.8 Å². The standard InChI is InChI=1S/C17H24N4O/c22-17(13-5-3-6-13)18-9-12-10-21(11-12)16-8-14-4-1-2-7-15(14)19-20-16/h8,12-13H,1-7,9-11H2,(H,18,22). The summed E-state index contributed by atoms with van der Waals surface area (Å²) in [5.41, 5.74) is 2.58. The third-order valence-corrected chi connectivity index (χ3v) is 5.38. The Balaban J connectivity index is 1.27. The predicted octanol–water partition coefficient (Wildman–Crippen LogP) is 1.71. The molecule has 22 heavy (non-hydrogen) atoms. The molecule has 0 unspecified atom stereocenters. The SMILES string of the molecule is O=C(NCC1CN(c2cc3c(nn2)CCCC3)C1)C1CCC1. The fourth-order valence-corrected chi connectivity index (χ4v) is 3.58. The van der Waals surface area contributed by atoms with E-state index in [9.17, 15) is 4.79 Å². The molecular weight excluding hydrogens is 276 g/mol. The number of rotatable bonds is 4. The number of anilines is 1. The van der Waals surface area contributed by atoms with Crippen molar-refractivity contribution < 1.29 is 4.79 Å². The Labute approximate surface area is 131 Å². The number of hydrogen-bond donors (Lipinski definition) is 1. The molecule has 2 heterocycles. The number of carbonyl (C=O) groups is 1. The number of hydrogen-bond acceptors (Lipinski definition) is 4. The number of aromatic nitrogens is 2. The summed E-state index contributed by atoms with van der Waals surface area (Å²) in [4.78, 5) is 14.1. The van der Waals surface area contributed by atoms with Crippen LogP contribution in [0.3, 0.4) is 0 Å². The molecule has 2 fully saturated rings. The number of fused-ring (bicyclic) bond motifs is 1. The zero-order valence-corrected chi connectivity index (χ0v) is 13.1. The predicted molar refractivity (Wildman–Crippen MR) is 84.7 cm³/mol. The third-order valence-electron chi connectivity index (χ3n) is 5.38. The lowest BCUT2D eigenvalue weighted by molar-refractivity contribution is -0.127. The average Bonchev–Trinajstić information content (AvgIpc) is 2.43. The minimum atomic E-state index is 0.262. The highest BCUT2D eigenvalue weighted by molar-refractivity contribution is 5.79. The second-order valence-corrected chi connectivity index (χ2v) is 7.03. The first kappa shape index (κ1) is 14.0. The number of amides is 1. The molecule has 0 bridgehead atoms. The molecule has 1 aromatic heterocycles. The first-order chi connectivity index (χ1) is 10.8. The Morgan fingerprint density at radius 1 is 1.18 bits per heavy atom. The van der Waals surface area contributed by atoms with E-state index < -0.39 is 0 Å². The summed E-state index contributed by atoms with van der Waals surface area (Å²) >= 11 is 0. The van der Waals surface area contributed by atoms with Gasteiger partial charge in [0.15, 0.2) is 5.82 Å². The smallest absolute Gasteiger partial charge is 0.223 e. The molecule has 3 aliphatic rings. The molecule has 0 aromatic carbocycles. The largest absolute Gasteiger partial charge is 0.355 e. The molecule has 2 aliphatic carbocycles. The van der Waals surface area contributed by atoms with E-state index in [-0.39, 0.29) is 5.91 Å². The van der Waals surface area contributed by atoms with Gasteiger partial charge in [-0.2, -0.15) is 5.10 Å². The maximum Gasteiger partial charge on any atom is 0.223 e. The van der Waals surface area contributed by atoms with Crippen molar-refractivity contribution in [3.63, 3.8) is 0 Å². The van der Waals surface area contributed by atoms with Gasteiger partial charge in [-0.1, -0.05) is 6.42 Å². The molecule has 1 aliphatic heterocycles. The lowest BCUT2D eigenvalue weighted by atomic mass is 9.84. The van der Waals surface area contributed by atoms with E-state index in [1.165, 1.54) is 30.5 Å². The van der Waals surface area contributed by atoms with Gasteiger partial charge in [0.25, 0.3) is 0 Å². The number of nitrogens with zero attached hydrogens (tertiary/aromatic N) is 3. The quantitative estimate of drug-likeness (QED) is 0.919. The highest BCUT2D eigenvalue weighted by Crippen LogP contribution is 2.28. The Morgan fingerprint density at radius 3 is 2.77 bits per heavy atom. The number of carbonyl (C=O) groups excluding carboxylic acids is 1. The molecule has 4 rings (SSSR count). The molecule has 1 N–H and O–H groups in total. The average molecular weight is 300 g/mol. The van der Waals surface area contributed by atoms with Gasteiger partial charge in [0.05, 0.1) is 5.69 Å². The third kappa shape index (κ3) is 2.69. The van der Waals surface area contributed by atoms with Crippen molar-refractivity contribution >= 4 is 11.7 Å². The van der Waals surface area contributed by atoms with Crippen LogP contribution in [0.5, 0.6) is 0 Å². The van der Waals surface area contributed by atoms with Gasteiger partial charge in [-0.05, 0) is 50.2 Å². The molecule has 1 aromatic rings. The maximum absolute atomic E-state index is 11.8. The number of nitrogens with one attached hydrogen (secondary N) is 1. The van der Waals surface area contributed by atoms with Gasteiger partial charge in [-0.25, -0.2) is 0 Å². The maximum atomic E-state index is 11.8. The molecule has 1 saturated carbocycles. The first-order valence-electron chi connectivity index (χ1n) is 8.68. The summed E-state index contributed by atoms with van der Waals surface area (Å²) in [6, 6.07) is 2.23. The van der Waals surface area contributed by atoms with E-state index in [1.807, 2.05) is 0 Å². The lowest BCUT2D eigenvalue weighted by Gasteiger charge is -2.40. The summed E-state index contributed by atoms with van der Waals surface area (Å²) < 4.78 is 0. The first-order valence-corrected chi connectivity index (χ1v) is 8.68. The van der Waals surface area contributed by atoms with Gasteiger partial charge >= 0.3 is 0 Å². The van der Waals surface area contributed by atoms with Crippen LogP contribution in [0.15, 0.2) is 6.07 Å². The molecule has 118 valence electrons. The lowest BCUT2D eigenvalue weighted by Crippen LogP contribution is -2.52. The summed E-state index contributed by atoms with van der Waals surface area (Å²) in [6.07, 6.45) is 8.11. The highest BCUT2D eigenvalue weighted by atomic mass is 16.1. The zero-order valence-electron chi connectivity index (χ0n) is 13.1. The van der Waals surface area contributed by atoms with Crippen molar-refractivity contribution in [3.8, 4) is 0 Å². The molecule has 0 radical (unpaired) electrons. The van der Waals surface area contributed by atoms with Gasteiger partial charge in [-0.3, -0.25) is 4.79 Å². The fraction of sp³-hybridized carbons (Fsp3) is 0.706. The van der Waals surface area contributed by atoms with Crippen molar-refractivity contribution in [1.82, 2.24) is 15.5 Å². The van der Waals surface area contributed by atoms with Crippen molar-refractivity contribution in [1.29, 1.82) is 0 Å². The summed E-state index contributed by atoms with van der Waals surface area (Å²) in [6.45, 7) is 2.78. The van der Waals surface area contributed by atoms with Crippen LogP contribution in [0.2, 0.25) is 0 Å². The van der Waals surface area contributed by atoms with Crippen LogP contribution in [-0.4, -0.2) is 35.7 Å². The summed E-state index contributed by atoms with van der Waals surface area (Å²) in [7, 11) is 0. The Kier molecular flexibility index (Phi) is 3.72. The highest BCUT2D eigenvalue weighted by Gasteiger charge is 2.31. The molecule has 1 saturated heterocycles. The monoisotopic (exact) mass is 300 g/mol. The summed E-state index contributed by atoms with van der Waals surface area (Å²) in [5.74, 6) is 2.13. The molecule has 5 heteroatoms. The summed E-state index contributed by atoms with van der Waals surface area (Å²) in [5, 5.41) is 11.9. The molecule has 5 nitrogen and oxygen atoms in total. The Morgan fingerprint density at radius 2 is 2.00 bits per heavy atom. The van der Waals surface area contributed by atoms with E-state index in [1.54, 1.807) is 0 Å². The zero-order chi connectivity index (χ0) is 14.9. The van der Waals surface area contributed by atoms with E-state index in [2.05, 4.69) is 26.5 Å². The van der Waals surface area contributed by atoms with Crippen LogP contribution in [0.25, 0.3) is 0 Å². The second kappa shape index (κ2) is 5.86. The van der Waals surface area contributed by atoms with E-state index in [0.29, 0.717) is 11.8 Å². The second-order valence-electron chi connectivity index (χ2n) is 7.03. The van der Waals surface area contributed by atoms with Crippen molar-refractivity contribution in [2.75, 3.05) is 24.5 Å². The Hall–Kier alpha value is -1.65. The van der Waals surface area contributed by atoms with Gasteiger partial charge < -0.3 is 10.2 Å². The van der Waals surface area contributed by atoms with E-state index in [0.717, 1.165) is 51.1 Å². The van der Waals surface area contributed by atoms with Crippen LogP contribution in [0.4, 0.5) is 5.82 Å². The van der Waals surface area contributed by atoms with Crippen molar-refractivity contribution in [3.05, 3.63) is 17.3 Å². The minimum Gasteiger partial charge on any atom is -0.355 e. The van der Waals surface area contributed by atoms with Gasteiger partial charge in [0, 0.05) is 31.5 Å². The molecule has 0 atom stereocenters. The van der Waals surface area contributed by atoms with Gasteiger partial charge in [-0.15, -0.1) is 5.10 Å². The normalized spacial score (nSPS) is 21.7. The number of aryl methyl sites for hydroxylation is 2. The fourth-order valence-electron chi connectivity index (χ4n) is 3.58. The topological polar surface area (TPSA) is 58.1 Å². The minimum absolute atomic E-state index is 0.262. The van der Waals surface area contributed by atoms with Crippen LogP contribution in [0, 0.1) is 11.8 Å². The van der Waals surface area contributed by atoms with E-state index >= 15 is 0 Å². The molecule has 1 amide bonds. The van der Waals surface area contributed by atoms with Crippen LogP contribution in [-0.2, 0) is 17.6 Å². The molecule has 0 spiro atoms. The van der Waals surface area contributed by atoms with E-state index in [4.69, 9.17) is 0 Å². The van der Waals surface area contributed by atoms with Crippen LogP contribution >= 0.6 is 0 Å². The van der Waals surface area contributed by atoms with Gasteiger partial charge in [0.1, 0.15) is 0 Å². The van der Waals surface area contributed by atoms with Crippen LogP contribution < -0.4 is 10.2 Å². The molecular formula is C17H24N4O. The van der Waals surface area contributed by atoms with Crippen LogP contribution in [0.1, 0.15) is 43.4 Å². The van der Waals surface area contributed by atoms with Crippen molar-refractivity contribution in [2.45, 2.75) is 44.9 Å². The van der Waals surface area contributed by atoms with Gasteiger partial charge in [0.2, 0.25) is 5.91 Å².